The minimum atomic E-state index is -0.803. The quantitative estimate of drug-likeness (QED) is 0.788. The second-order valence-electron chi connectivity index (χ2n) is 8.06. The summed E-state index contributed by atoms with van der Waals surface area (Å²) in [6.45, 7) is 4.84. The topological polar surface area (TPSA) is 83.9 Å². The van der Waals surface area contributed by atoms with Crippen molar-refractivity contribution in [2.45, 2.75) is 44.9 Å². The van der Waals surface area contributed by atoms with Gasteiger partial charge in [0.05, 0.1) is 17.7 Å². The first-order valence-electron chi connectivity index (χ1n) is 10.5. The molecule has 0 radical (unpaired) electrons. The van der Waals surface area contributed by atoms with Gasteiger partial charge in [-0.05, 0) is 68.0 Å². The van der Waals surface area contributed by atoms with Crippen molar-refractivity contribution in [1.82, 2.24) is 5.06 Å². The summed E-state index contributed by atoms with van der Waals surface area (Å²) in [5.41, 5.74) is 10.3. The Bertz CT molecular complexity index is 1010. The highest BCUT2D eigenvalue weighted by atomic mass is 16.7. The van der Waals surface area contributed by atoms with Gasteiger partial charge in [0.15, 0.2) is 0 Å². The van der Waals surface area contributed by atoms with Crippen molar-refractivity contribution in [3.05, 3.63) is 59.2 Å². The van der Waals surface area contributed by atoms with Crippen LogP contribution in [0.1, 0.15) is 43.4 Å². The normalized spacial score (nSPS) is 23.3. The Kier molecular flexibility index (Phi) is 5.50. The Morgan fingerprint density at radius 3 is 2.83 bits per heavy atom. The fraction of sp³-hybridized carbons (Fsp3) is 0.417. The molecular weight excluding hydrogens is 376 g/mol. The Hall–Kier alpha value is -2.88. The van der Waals surface area contributed by atoms with E-state index < -0.39 is 5.72 Å². The molecule has 2 N–H and O–H groups in total. The van der Waals surface area contributed by atoms with Gasteiger partial charge in [0.1, 0.15) is 0 Å². The van der Waals surface area contributed by atoms with Crippen LogP contribution in [0.4, 0.5) is 0 Å². The molecule has 4 rings (SSSR count). The van der Waals surface area contributed by atoms with Gasteiger partial charge in [-0.25, -0.2) is 14.9 Å². The average Bonchev–Trinajstić information content (AvgIpc) is 3.22. The number of nitrogens with two attached hydrogens (primary N) is 1. The minimum Gasteiger partial charge on any atom is -0.379 e. The molecule has 0 amide bonds. The van der Waals surface area contributed by atoms with Crippen molar-refractivity contribution in [3.63, 3.8) is 0 Å². The standard InChI is InChI=1S/C24H28N4O2/c1-4-29-16(2)8-11-21-13-20-10-9-19(18-7-5-6-17(12-18)15-25)14-22(20)24(21)27-23(26)28(3)30-24/h5-7,9-10,12,14,16,21H,4,8,11,13H2,1-3H3,(H2,26,27)/t16-,21+,24?/m1/s1. The van der Waals surface area contributed by atoms with E-state index in [9.17, 15) is 5.26 Å². The van der Waals surface area contributed by atoms with Crippen LogP contribution < -0.4 is 5.73 Å². The van der Waals surface area contributed by atoms with Gasteiger partial charge in [0.25, 0.3) is 0 Å². The highest BCUT2D eigenvalue weighted by Gasteiger charge is 2.53. The second-order valence-corrected chi connectivity index (χ2v) is 8.06. The molecule has 0 bridgehead atoms. The van der Waals surface area contributed by atoms with Crippen LogP contribution in [-0.2, 0) is 21.7 Å². The van der Waals surface area contributed by atoms with Crippen LogP contribution in [-0.4, -0.2) is 30.8 Å². The molecule has 0 saturated carbocycles. The van der Waals surface area contributed by atoms with Gasteiger partial charge in [-0.3, -0.25) is 0 Å². The lowest BCUT2D eigenvalue weighted by molar-refractivity contribution is -0.194. The monoisotopic (exact) mass is 404 g/mol. The largest absolute Gasteiger partial charge is 0.379 e. The maximum absolute atomic E-state index is 9.25. The summed E-state index contributed by atoms with van der Waals surface area (Å²) < 4.78 is 5.73. The third-order valence-corrected chi connectivity index (χ3v) is 6.09. The highest BCUT2D eigenvalue weighted by Crippen LogP contribution is 2.51. The van der Waals surface area contributed by atoms with E-state index in [4.69, 9.17) is 20.3 Å². The summed E-state index contributed by atoms with van der Waals surface area (Å²) in [5, 5.41) is 10.8. The SMILES string of the molecule is CCO[C@H](C)CC[C@H]1Cc2ccc(-c3cccc(C#N)c3)cc2C12N=C(N)N(C)O2. The van der Waals surface area contributed by atoms with E-state index in [1.165, 1.54) is 5.56 Å². The minimum absolute atomic E-state index is 0.180. The van der Waals surface area contributed by atoms with E-state index >= 15 is 0 Å². The number of nitriles is 1. The Morgan fingerprint density at radius 1 is 1.33 bits per heavy atom. The first kappa shape index (κ1) is 20.4. The van der Waals surface area contributed by atoms with Gasteiger partial charge >= 0.3 is 0 Å². The lowest BCUT2D eigenvalue weighted by Crippen LogP contribution is -2.35. The van der Waals surface area contributed by atoms with E-state index in [-0.39, 0.29) is 12.0 Å². The molecule has 0 aromatic heterocycles. The summed E-state index contributed by atoms with van der Waals surface area (Å²) in [4.78, 5) is 11.1. The number of rotatable bonds is 6. The molecule has 2 aliphatic rings. The molecular formula is C24H28N4O2. The number of fused-ring (bicyclic) bond motifs is 2. The zero-order chi connectivity index (χ0) is 21.3. The number of hydroxylamine groups is 2. The Morgan fingerprint density at radius 2 is 2.13 bits per heavy atom. The fourth-order valence-corrected chi connectivity index (χ4v) is 4.55. The van der Waals surface area contributed by atoms with Gasteiger partial charge < -0.3 is 10.5 Å². The molecule has 156 valence electrons. The molecule has 1 aliphatic heterocycles. The predicted molar refractivity (Wildman–Crippen MR) is 116 cm³/mol. The first-order chi connectivity index (χ1) is 14.5. The molecule has 2 aromatic carbocycles. The maximum atomic E-state index is 9.25. The summed E-state index contributed by atoms with van der Waals surface area (Å²) >= 11 is 0. The van der Waals surface area contributed by atoms with Crippen molar-refractivity contribution in [3.8, 4) is 17.2 Å². The van der Waals surface area contributed by atoms with Gasteiger partial charge in [-0.2, -0.15) is 5.26 Å². The van der Waals surface area contributed by atoms with Gasteiger partial charge in [-0.1, -0.05) is 24.3 Å². The summed E-state index contributed by atoms with van der Waals surface area (Å²) in [5.74, 6) is 0.571. The van der Waals surface area contributed by atoms with E-state index in [0.29, 0.717) is 18.1 Å². The number of benzene rings is 2. The van der Waals surface area contributed by atoms with E-state index in [0.717, 1.165) is 36.0 Å². The molecule has 3 atom stereocenters. The number of hydrogen-bond donors (Lipinski definition) is 1. The van der Waals surface area contributed by atoms with Crippen LogP contribution in [0.2, 0.25) is 0 Å². The van der Waals surface area contributed by atoms with Gasteiger partial charge in [0.2, 0.25) is 11.7 Å². The number of hydrogen-bond acceptors (Lipinski definition) is 6. The molecule has 6 heteroatoms. The van der Waals surface area contributed by atoms with Crippen LogP contribution in [0.5, 0.6) is 0 Å². The molecule has 6 nitrogen and oxygen atoms in total. The van der Waals surface area contributed by atoms with E-state index in [1.807, 2.05) is 31.2 Å². The second kappa shape index (κ2) is 8.10. The van der Waals surface area contributed by atoms with Crippen molar-refractivity contribution in [1.29, 1.82) is 5.26 Å². The number of guanidine groups is 1. The van der Waals surface area contributed by atoms with Crippen LogP contribution in [0, 0.1) is 17.2 Å². The van der Waals surface area contributed by atoms with Crippen molar-refractivity contribution >= 4 is 5.96 Å². The summed E-state index contributed by atoms with van der Waals surface area (Å²) in [6, 6.07) is 16.3. The van der Waals surface area contributed by atoms with Gasteiger partial charge in [-0.15, -0.1) is 0 Å². The van der Waals surface area contributed by atoms with E-state index in [2.05, 4.69) is 31.2 Å². The van der Waals surface area contributed by atoms with Crippen LogP contribution in [0.3, 0.4) is 0 Å². The number of nitrogens with zero attached hydrogens (tertiary/aromatic N) is 3. The van der Waals surface area contributed by atoms with E-state index in [1.54, 1.807) is 12.1 Å². The predicted octanol–water partition coefficient (Wildman–Crippen LogP) is 3.95. The number of aliphatic imine (C=N–C) groups is 1. The van der Waals surface area contributed by atoms with Crippen LogP contribution in [0.25, 0.3) is 11.1 Å². The zero-order valence-corrected chi connectivity index (χ0v) is 17.8. The Labute approximate surface area is 177 Å². The first-order valence-corrected chi connectivity index (χ1v) is 10.5. The highest BCUT2D eigenvalue weighted by molar-refractivity contribution is 5.79. The molecule has 0 fully saturated rings. The van der Waals surface area contributed by atoms with Crippen molar-refractivity contribution in [2.24, 2.45) is 16.6 Å². The molecule has 1 spiro atoms. The fourth-order valence-electron chi connectivity index (χ4n) is 4.55. The smallest absolute Gasteiger partial charge is 0.218 e. The van der Waals surface area contributed by atoms with Gasteiger partial charge in [0, 0.05) is 25.1 Å². The molecule has 2 aromatic rings. The third-order valence-electron chi connectivity index (χ3n) is 6.09. The Balaban J connectivity index is 1.71. The van der Waals surface area contributed by atoms with Crippen molar-refractivity contribution < 1.29 is 9.57 Å². The molecule has 0 saturated heterocycles. The number of ether oxygens (including phenoxy) is 1. The lowest BCUT2D eigenvalue weighted by atomic mass is 9.90. The molecule has 30 heavy (non-hydrogen) atoms. The third kappa shape index (κ3) is 3.55. The van der Waals surface area contributed by atoms with Crippen LogP contribution >= 0.6 is 0 Å². The molecule has 1 unspecified atom stereocenters. The lowest BCUT2D eigenvalue weighted by Gasteiger charge is -2.29. The van der Waals surface area contributed by atoms with Crippen LogP contribution in [0.15, 0.2) is 47.5 Å². The maximum Gasteiger partial charge on any atom is 0.218 e. The summed E-state index contributed by atoms with van der Waals surface area (Å²) in [6.07, 6.45) is 2.95. The summed E-state index contributed by atoms with van der Waals surface area (Å²) in [7, 11) is 1.80. The molecule has 1 heterocycles. The zero-order valence-electron chi connectivity index (χ0n) is 17.8. The van der Waals surface area contributed by atoms with Crippen molar-refractivity contribution in [2.75, 3.05) is 13.7 Å². The average molecular weight is 405 g/mol. The molecule has 1 aliphatic carbocycles.